The number of Topliss-reactive ketones (excluding diaryl/α,β-unsaturated/α-hetero) is 1. The van der Waals surface area contributed by atoms with E-state index in [0.29, 0.717) is 71.5 Å². The maximum absolute atomic E-state index is 11.8. The summed E-state index contributed by atoms with van der Waals surface area (Å²) in [4.78, 5) is 48.6. The van der Waals surface area contributed by atoms with Crippen LogP contribution in [0.15, 0.2) is 34.7 Å². The summed E-state index contributed by atoms with van der Waals surface area (Å²) in [5.74, 6) is -0.0712. The minimum Gasteiger partial charge on any atom is -0.478 e. The standard InChI is InChI=1S/C12H14N2O3S.C12H14N2O2S.C10H10N2O3S.CHI3.CH2I2.CH3I/c1-3-17-12(15)8-4-14-11(13)9-7(5-16-2)6-18-10(8)9;1-3-9(15)8-4-14-12(13)10-7(5-16-2)6-17-11(8)10;1-15-3-5-4-16-8-6(10(13)14)2-12-9(11)7(5)8;2-1(3)4;2-1-3;1-2/h4,6H,3,5H2,1-2H3,(H2,13,14);4,6H,3,5H2,1-2H3,(H2,13,14);2,4H,3H2,1H3,(H2,11,12)(H,13,14);1H;1H2;1H3. The molecule has 7 N–H and O–H groups in total. The van der Waals surface area contributed by atoms with E-state index >= 15 is 0 Å². The number of halogens is 6. The Balaban J connectivity index is 0.000000409. The Hall–Kier alpha value is -0.400. The molecule has 0 fully saturated rings. The van der Waals surface area contributed by atoms with Gasteiger partial charge in [0.2, 0.25) is 0 Å². The van der Waals surface area contributed by atoms with Crippen LogP contribution in [0.4, 0.5) is 17.5 Å². The van der Waals surface area contributed by atoms with Gasteiger partial charge in [-0.15, -0.1) is 34.0 Å². The van der Waals surface area contributed by atoms with Crippen molar-refractivity contribution in [2.24, 2.45) is 0 Å². The fraction of sp³-hybridized carbons (Fsp3) is 0.351. The van der Waals surface area contributed by atoms with Gasteiger partial charge in [0.25, 0.3) is 0 Å². The first-order valence-corrected chi connectivity index (χ1v) is 28.5. The summed E-state index contributed by atoms with van der Waals surface area (Å²) >= 11 is 18.0. The van der Waals surface area contributed by atoms with Crippen LogP contribution in [0.3, 0.4) is 0 Å². The number of carboxylic acids is 1. The summed E-state index contributed by atoms with van der Waals surface area (Å²) in [6.07, 6.45) is 4.78. The highest BCUT2D eigenvalue weighted by atomic mass is 127. The molecule has 0 saturated carbocycles. The predicted octanol–water partition coefficient (Wildman–Crippen LogP) is 12.0. The van der Waals surface area contributed by atoms with E-state index in [1.807, 2.05) is 28.0 Å². The number of esters is 1. The number of hydrogen-bond donors (Lipinski definition) is 4. The number of nitrogens with two attached hydrogens (primary N) is 3. The average Bonchev–Trinajstić information content (AvgIpc) is 3.96. The van der Waals surface area contributed by atoms with Crippen molar-refractivity contribution >= 4 is 235 Å². The number of anilines is 3. The molecule has 14 nitrogen and oxygen atoms in total. The molecule has 23 heteroatoms. The number of aromatic carboxylic acids is 1. The highest BCUT2D eigenvalue weighted by Crippen LogP contribution is 2.35. The van der Waals surface area contributed by atoms with E-state index in [9.17, 15) is 14.4 Å². The normalized spacial score (nSPS) is 10.2. The van der Waals surface area contributed by atoms with Gasteiger partial charge in [0.15, 0.2) is 5.78 Å². The number of thiophene rings is 3. The van der Waals surface area contributed by atoms with Gasteiger partial charge in [-0.05, 0) is 44.7 Å². The Bertz CT molecular complexity index is 2270. The van der Waals surface area contributed by atoms with Crippen LogP contribution >= 0.6 is 170 Å². The van der Waals surface area contributed by atoms with Crippen molar-refractivity contribution in [2.75, 3.05) is 52.5 Å². The molecule has 0 saturated heterocycles. The smallest absolute Gasteiger partial charge is 0.341 e. The van der Waals surface area contributed by atoms with Gasteiger partial charge in [-0.1, -0.05) is 142 Å². The van der Waals surface area contributed by atoms with Gasteiger partial charge >= 0.3 is 11.9 Å². The maximum Gasteiger partial charge on any atom is 0.341 e. The van der Waals surface area contributed by atoms with Crippen LogP contribution in [0.1, 0.15) is 68.0 Å². The third kappa shape index (κ3) is 17.2. The molecule has 0 aliphatic heterocycles. The number of ether oxygens (including phenoxy) is 4. The molecular formula is C37H44I6N6O8S3. The van der Waals surface area contributed by atoms with Gasteiger partial charge < -0.3 is 41.3 Å². The van der Waals surface area contributed by atoms with Crippen LogP contribution in [-0.2, 0) is 38.8 Å². The molecule has 330 valence electrons. The third-order valence-corrected chi connectivity index (χ3v) is 10.5. The molecular weight excluding hydrogens is 1510 g/mol. The van der Waals surface area contributed by atoms with E-state index in [-0.39, 0.29) is 17.3 Å². The molecule has 0 radical (unpaired) electrons. The summed E-state index contributed by atoms with van der Waals surface area (Å²) in [7, 11) is 4.82. The Morgan fingerprint density at radius 3 is 1.30 bits per heavy atom. The van der Waals surface area contributed by atoms with Crippen molar-refractivity contribution in [1.82, 2.24) is 15.0 Å². The first-order valence-electron chi connectivity index (χ1n) is 16.9. The van der Waals surface area contributed by atoms with E-state index in [1.54, 1.807) is 34.4 Å². The minimum absolute atomic E-state index is 0.0910. The van der Waals surface area contributed by atoms with Crippen LogP contribution < -0.4 is 17.2 Å². The summed E-state index contributed by atoms with van der Waals surface area (Å²) in [6, 6.07) is 0. The fourth-order valence-corrected chi connectivity index (χ4v) is 8.29. The molecule has 0 aliphatic rings. The topological polar surface area (TPSA) is 225 Å². The number of pyridine rings is 3. The van der Waals surface area contributed by atoms with E-state index in [1.165, 1.54) is 48.8 Å². The summed E-state index contributed by atoms with van der Waals surface area (Å²) in [5.41, 5.74) is 21.6. The monoisotopic (exact) mass is 1560 g/mol. The largest absolute Gasteiger partial charge is 0.478 e. The molecule has 0 aromatic carbocycles. The molecule has 0 atom stereocenters. The molecule has 6 rings (SSSR count). The Labute approximate surface area is 442 Å². The Kier molecular flexibility index (Phi) is 30.2. The molecule has 0 amide bonds. The van der Waals surface area contributed by atoms with Gasteiger partial charge in [-0.2, -0.15) is 0 Å². The minimum atomic E-state index is -0.997. The SMILES string of the molecule is CCC(=O)c1cnc(N)c2c(COC)csc12.CCOC(=O)c1cnc(N)c2c(COC)csc12.CI.COCc1csc2c(C(=O)O)cnc(N)c12.IC(I)I.ICI. The number of carbonyl (C=O) groups is 3. The van der Waals surface area contributed by atoms with Gasteiger partial charge in [0.1, 0.15) is 17.4 Å². The number of hydrogen-bond acceptors (Lipinski definition) is 16. The lowest BCUT2D eigenvalue weighted by molar-refractivity contribution is 0.0527. The van der Waals surface area contributed by atoms with Crippen molar-refractivity contribution in [3.63, 3.8) is 0 Å². The highest BCUT2D eigenvalue weighted by Gasteiger charge is 2.19. The number of fused-ring (bicyclic) bond motifs is 3. The average molecular weight is 1560 g/mol. The molecule has 6 aromatic heterocycles. The number of rotatable bonds is 11. The number of alkyl halides is 6. The lowest BCUT2D eigenvalue weighted by Gasteiger charge is -2.05. The van der Waals surface area contributed by atoms with Gasteiger partial charge in [0.05, 0.1) is 59.7 Å². The molecule has 6 aromatic rings. The third-order valence-electron chi connectivity index (χ3n) is 7.35. The van der Waals surface area contributed by atoms with E-state index in [0.717, 1.165) is 36.8 Å². The fourth-order valence-electron chi connectivity index (χ4n) is 5.07. The second-order valence-electron chi connectivity index (χ2n) is 11.0. The molecule has 60 heavy (non-hydrogen) atoms. The van der Waals surface area contributed by atoms with E-state index in [4.69, 9.17) is 41.3 Å². The summed E-state index contributed by atoms with van der Waals surface area (Å²) in [5, 5.41) is 17.1. The van der Waals surface area contributed by atoms with Crippen LogP contribution in [0, 0.1) is 0 Å². The molecule has 0 bridgehead atoms. The Morgan fingerprint density at radius 2 is 0.983 bits per heavy atom. The second-order valence-corrected chi connectivity index (χ2v) is 29.0. The lowest BCUT2D eigenvalue weighted by atomic mass is 10.1. The van der Waals surface area contributed by atoms with E-state index in [2.05, 4.69) is 150 Å². The quantitative estimate of drug-likeness (QED) is 0.0410. The van der Waals surface area contributed by atoms with Gasteiger partial charge in [-0.25, -0.2) is 24.5 Å². The van der Waals surface area contributed by atoms with Crippen molar-refractivity contribution in [1.29, 1.82) is 0 Å². The van der Waals surface area contributed by atoms with Gasteiger partial charge in [-0.3, -0.25) is 4.79 Å². The van der Waals surface area contributed by atoms with E-state index < -0.39 is 5.97 Å². The first kappa shape index (κ1) is 57.6. The Morgan fingerprint density at radius 1 is 0.667 bits per heavy atom. The number of nitrogens with zero attached hydrogens (tertiary/aromatic N) is 3. The van der Waals surface area contributed by atoms with Crippen molar-refractivity contribution in [3.05, 3.63) is 68.1 Å². The van der Waals surface area contributed by atoms with Crippen LogP contribution in [0.25, 0.3) is 30.3 Å². The van der Waals surface area contributed by atoms with Crippen molar-refractivity contribution < 1.29 is 38.4 Å². The number of methoxy groups -OCH3 is 3. The molecule has 6 heterocycles. The number of aromatic nitrogens is 3. The number of carboxylic acid groups (broad SMARTS) is 1. The maximum atomic E-state index is 11.8. The van der Waals surface area contributed by atoms with Crippen molar-refractivity contribution in [3.8, 4) is 0 Å². The van der Waals surface area contributed by atoms with Crippen LogP contribution in [-0.4, -0.2) is 73.0 Å². The zero-order valence-corrected chi connectivity index (χ0v) is 48.5. The number of carbonyl (C=O) groups excluding carboxylic acids is 2. The highest BCUT2D eigenvalue weighted by molar-refractivity contribution is 14.3. The zero-order chi connectivity index (χ0) is 45.5. The van der Waals surface area contributed by atoms with Crippen molar-refractivity contribution in [2.45, 2.75) is 40.0 Å². The number of nitrogen functional groups attached to an aromatic ring is 3. The zero-order valence-electron chi connectivity index (χ0n) is 33.2. The molecule has 0 spiro atoms. The van der Waals surface area contributed by atoms with Gasteiger partial charge in [0, 0.05) is 62.5 Å². The summed E-state index contributed by atoms with van der Waals surface area (Å²) < 4.78 is 24.5. The lowest BCUT2D eigenvalue weighted by Crippen LogP contribution is -2.06. The van der Waals surface area contributed by atoms with Crippen LogP contribution in [0.2, 0.25) is 0 Å². The summed E-state index contributed by atoms with van der Waals surface area (Å²) in [6.45, 7) is 5.27. The number of ketones is 1. The second kappa shape index (κ2) is 31.5. The molecule has 0 unspecified atom stereocenters. The first-order chi connectivity index (χ1) is 28.7. The van der Waals surface area contributed by atoms with Crippen LogP contribution in [0.5, 0.6) is 0 Å². The predicted molar refractivity (Wildman–Crippen MR) is 300 cm³/mol. The molecule has 0 aliphatic carbocycles.